The van der Waals surface area contributed by atoms with Crippen molar-refractivity contribution in [1.82, 2.24) is 0 Å². The van der Waals surface area contributed by atoms with Crippen LogP contribution in [0.4, 0.5) is 0 Å². The van der Waals surface area contributed by atoms with E-state index in [-0.39, 0.29) is 6.61 Å². The van der Waals surface area contributed by atoms with E-state index >= 15 is 0 Å². The second-order valence-corrected chi connectivity index (χ2v) is 5.17. The molecule has 88 valence electrons. The van der Waals surface area contributed by atoms with E-state index < -0.39 is 7.82 Å². The predicted octanol–water partition coefficient (Wildman–Crippen LogP) is -0.567. The Labute approximate surface area is 85.3 Å². The Balaban J connectivity index is 0. The number of nitrogens with zero attached hydrogens (tertiary/aromatic N) is 1. The molecule has 0 amide bonds. The monoisotopic (exact) mass is 229 g/mol. The molecule has 0 saturated heterocycles. The fourth-order valence-corrected chi connectivity index (χ4v) is 0.524. The van der Waals surface area contributed by atoms with Crippen LogP contribution in [-0.2, 0) is 13.6 Å². The third-order valence-corrected chi connectivity index (χ3v) is 2.11. The minimum Gasteiger partial charge on any atom is -0.756 e. The van der Waals surface area contributed by atoms with Gasteiger partial charge in [-0.05, 0) is 0 Å². The molecule has 0 aromatic carbocycles. The van der Waals surface area contributed by atoms with Crippen molar-refractivity contribution in [2.45, 2.75) is 0 Å². The van der Waals surface area contributed by atoms with Crippen LogP contribution in [0.15, 0.2) is 0 Å². The van der Waals surface area contributed by atoms with E-state index in [1.807, 2.05) is 0 Å². The predicted molar refractivity (Wildman–Crippen MR) is 51.6 cm³/mol. The third-order valence-electron chi connectivity index (χ3n) is 1.22. The molecule has 0 aliphatic carbocycles. The Kier molecular flexibility index (Phi) is 8.63. The molecule has 0 aliphatic heterocycles. The van der Waals surface area contributed by atoms with Crippen LogP contribution >= 0.6 is 7.82 Å². The first-order valence-corrected chi connectivity index (χ1v) is 5.48. The summed E-state index contributed by atoms with van der Waals surface area (Å²) in [6.07, 6.45) is 0. The lowest BCUT2D eigenvalue weighted by molar-refractivity contribution is -0.870. The molecule has 0 radical (unpaired) electrons. The molecule has 6 nitrogen and oxygen atoms in total. The number of quaternary nitrogens is 1. The Bertz CT molecular complexity index is 171. The van der Waals surface area contributed by atoms with Crippen LogP contribution in [0.1, 0.15) is 0 Å². The van der Waals surface area contributed by atoms with Gasteiger partial charge in [0, 0.05) is 14.2 Å². The molecule has 0 aromatic rings. The number of hydrogen-bond donors (Lipinski definition) is 1. The van der Waals surface area contributed by atoms with Crippen LogP contribution in [0, 0.1) is 0 Å². The normalized spacial score (nSPS) is 11.9. The summed E-state index contributed by atoms with van der Waals surface area (Å²) in [6, 6.07) is 0. The number of rotatable bonds is 4. The van der Waals surface area contributed by atoms with Gasteiger partial charge in [-0.2, -0.15) is 0 Å². The van der Waals surface area contributed by atoms with E-state index in [0.29, 0.717) is 0 Å². The van der Waals surface area contributed by atoms with Crippen molar-refractivity contribution in [1.29, 1.82) is 0 Å². The summed E-state index contributed by atoms with van der Waals surface area (Å²) in [5.41, 5.74) is 0. The summed E-state index contributed by atoms with van der Waals surface area (Å²) in [5.74, 6) is 0. The van der Waals surface area contributed by atoms with Gasteiger partial charge < -0.3 is 23.5 Å². The largest absolute Gasteiger partial charge is 0.756 e. The molecule has 14 heavy (non-hydrogen) atoms. The maximum absolute atomic E-state index is 9.95. The number of aliphatic hydroxyl groups is 1. The highest BCUT2D eigenvalue weighted by Crippen LogP contribution is 2.34. The summed E-state index contributed by atoms with van der Waals surface area (Å²) in [6.45, 7) is 1.11. The van der Waals surface area contributed by atoms with Crippen LogP contribution in [-0.4, -0.2) is 58.1 Å². The van der Waals surface area contributed by atoms with Crippen LogP contribution in [0.3, 0.4) is 0 Å². The van der Waals surface area contributed by atoms with Crippen LogP contribution in [0.2, 0.25) is 0 Å². The first-order chi connectivity index (χ1) is 6.18. The molecule has 0 fully saturated rings. The zero-order valence-electron chi connectivity index (χ0n) is 9.39. The van der Waals surface area contributed by atoms with Crippen molar-refractivity contribution in [3.63, 3.8) is 0 Å². The molecule has 0 heterocycles. The molecule has 1 N–H and O–H groups in total. The molecule has 0 atom stereocenters. The van der Waals surface area contributed by atoms with Gasteiger partial charge in [0.25, 0.3) is 7.82 Å². The highest BCUT2D eigenvalue weighted by molar-refractivity contribution is 7.45. The van der Waals surface area contributed by atoms with Crippen molar-refractivity contribution in [2.24, 2.45) is 0 Å². The number of phosphoric acid groups is 1. The van der Waals surface area contributed by atoms with Crippen molar-refractivity contribution in [3.05, 3.63) is 0 Å². The van der Waals surface area contributed by atoms with Crippen molar-refractivity contribution < 1.29 is 28.1 Å². The highest BCUT2D eigenvalue weighted by Gasteiger charge is 2.02. The van der Waals surface area contributed by atoms with Gasteiger partial charge in [-0.25, -0.2) is 0 Å². The van der Waals surface area contributed by atoms with Gasteiger partial charge in [0.05, 0.1) is 27.7 Å². The number of aliphatic hydroxyl groups excluding tert-OH is 1. The summed E-state index contributed by atoms with van der Waals surface area (Å²) >= 11 is 0. The lowest BCUT2D eigenvalue weighted by Gasteiger charge is -2.21. The molecule has 0 spiro atoms. The summed E-state index contributed by atoms with van der Waals surface area (Å²) in [4.78, 5) is 9.95. The molecule has 0 aromatic heterocycles. The molecule has 0 rings (SSSR count). The van der Waals surface area contributed by atoms with E-state index in [1.54, 1.807) is 0 Å². The minimum atomic E-state index is -3.90. The maximum Gasteiger partial charge on any atom is 0.267 e. The van der Waals surface area contributed by atoms with Crippen molar-refractivity contribution in [3.8, 4) is 0 Å². The van der Waals surface area contributed by atoms with Crippen molar-refractivity contribution >= 4 is 7.82 Å². The second kappa shape index (κ2) is 7.34. The standard InChI is InChI=1S/C5H14NO.C2H7O4P/c1-6(2,3)4-5-7;1-5-7(3,4)6-2/h7H,4-5H2,1-3H3;1-2H3,(H,3,4)/q+1;/p-1. The molecular weight excluding hydrogens is 209 g/mol. The lowest BCUT2D eigenvalue weighted by Crippen LogP contribution is -2.36. The second-order valence-electron chi connectivity index (χ2n) is 3.55. The number of hydrogen-bond acceptors (Lipinski definition) is 5. The fourth-order valence-electron chi connectivity index (χ4n) is 0.375. The summed E-state index contributed by atoms with van der Waals surface area (Å²) < 4.78 is 18.5. The molecular formula is C7H20NO5P. The van der Waals surface area contributed by atoms with Gasteiger partial charge in [0.1, 0.15) is 6.54 Å². The number of likely N-dealkylation sites (N-methyl/N-ethyl adjacent to an activating group) is 1. The van der Waals surface area contributed by atoms with Gasteiger partial charge in [-0.15, -0.1) is 0 Å². The lowest BCUT2D eigenvalue weighted by atomic mass is 10.5. The minimum absolute atomic E-state index is 0.281. The van der Waals surface area contributed by atoms with E-state index in [0.717, 1.165) is 25.2 Å². The van der Waals surface area contributed by atoms with Crippen LogP contribution < -0.4 is 4.89 Å². The van der Waals surface area contributed by atoms with Gasteiger partial charge in [-0.3, -0.25) is 4.57 Å². The van der Waals surface area contributed by atoms with Gasteiger partial charge >= 0.3 is 0 Å². The average molecular weight is 229 g/mol. The number of phosphoric ester groups is 1. The Morgan fingerprint density at radius 3 is 1.64 bits per heavy atom. The van der Waals surface area contributed by atoms with Crippen LogP contribution in [0.5, 0.6) is 0 Å². The Hall–Kier alpha value is 0.0300. The van der Waals surface area contributed by atoms with Crippen molar-refractivity contribution in [2.75, 3.05) is 48.5 Å². The summed E-state index contributed by atoms with van der Waals surface area (Å²) in [5, 5.41) is 8.39. The first kappa shape index (κ1) is 16.5. The molecule has 7 heteroatoms. The fraction of sp³-hybridized carbons (Fsp3) is 1.00. The maximum atomic E-state index is 9.95. The smallest absolute Gasteiger partial charge is 0.267 e. The molecule has 0 bridgehead atoms. The molecule has 0 saturated carbocycles. The van der Waals surface area contributed by atoms with Gasteiger partial charge in [0.15, 0.2) is 0 Å². The zero-order chi connectivity index (χ0) is 11.8. The topological polar surface area (TPSA) is 78.8 Å². The van der Waals surface area contributed by atoms with E-state index in [1.165, 1.54) is 0 Å². The quantitative estimate of drug-likeness (QED) is 0.516. The molecule has 0 aliphatic rings. The van der Waals surface area contributed by atoms with Gasteiger partial charge in [-0.1, -0.05) is 0 Å². The Morgan fingerprint density at radius 2 is 1.64 bits per heavy atom. The first-order valence-electron chi connectivity index (χ1n) is 4.02. The van der Waals surface area contributed by atoms with E-state index in [2.05, 4.69) is 30.2 Å². The average Bonchev–Trinajstić information content (AvgIpc) is 2.04. The third kappa shape index (κ3) is 14.5. The summed E-state index contributed by atoms with van der Waals surface area (Å²) in [7, 11) is 4.33. The van der Waals surface area contributed by atoms with E-state index in [4.69, 9.17) is 5.11 Å². The Morgan fingerprint density at radius 1 is 1.29 bits per heavy atom. The highest BCUT2D eigenvalue weighted by atomic mass is 31.2. The van der Waals surface area contributed by atoms with E-state index in [9.17, 15) is 9.46 Å². The van der Waals surface area contributed by atoms with Gasteiger partial charge in [0.2, 0.25) is 0 Å². The van der Waals surface area contributed by atoms with Crippen LogP contribution in [0.25, 0.3) is 0 Å². The molecule has 0 unspecified atom stereocenters. The SMILES string of the molecule is COP(=O)([O-])OC.C[N+](C)(C)CCO. The zero-order valence-corrected chi connectivity index (χ0v) is 10.3.